The van der Waals surface area contributed by atoms with Crippen LogP contribution < -0.4 is 0 Å². The van der Waals surface area contributed by atoms with Gasteiger partial charge in [-0.05, 0) is 42.5 Å². The van der Waals surface area contributed by atoms with E-state index in [9.17, 15) is 9.59 Å². The molecule has 0 N–H and O–H groups in total. The molecule has 1 saturated heterocycles. The Morgan fingerprint density at radius 1 is 0.885 bits per heavy atom. The van der Waals surface area contributed by atoms with Gasteiger partial charge in [0.25, 0.3) is 5.91 Å². The molecule has 0 saturated carbocycles. The Bertz CT molecular complexity index is 746. The molecule has 136 valence electrons. The predicted octanol–water partition coefficient (Wildman–Crippen LogP) is 3.33. The van der Waals surface area contributed by atoms with Crippen molar-refractivity contribution in [1.82, 2.24) is 9.80 Å². The molecule has 0 radical (unpaired) electrons. The monoisotopic (exact) mass is 368 g/mol. The van der Waals surface area contributed by atoms with Gasteiger partial charge < -0.3 is 9.80 Å². The molecule has 3 rings (SSSR count). The van der Waals surface area contributed by atoms with E-state index in [0.717, 1.165) is 16.9 Å². The van der Waals surface area contributed by atoms with Gasteiger partial charge in [-0.1, -0.05) is 30.3 Å². The molecule has 0 spiro atoms. The molecule has 1 fully saturated rings. The van der Waals surface area contributed by atoms with Crippen LogP contribution in [0.1, 0.15) is 22.3 Å². The first-order valence-corrected chi connectivity index (χ1v) is 10.1. The molecule has 26 heavy (non-hydrogen) atoms. The van der Waals surface area contributed by atoms with Crippen molar-refractivity contribution in [3.8, 4) is 0 Å². The Labute approximate surface area is 159 Å². The first-order valence-electron chi connectivity index (χ1n) is 8.92. The zero-order chi connectivity index (χ0) is 18.4. The van der Waals surface area contributed by atoms with Crippen LogP contribution >= 0.6 is 11.8 Å². The van der Waals surface area contributed by atoms with Crippen molar-refractivity contribution in [2.45, 2.75) is 17.7 Å². The van der Waals surface area contributed by atoms with Crippen molar-refractivity contribution in [3.05, 3.63) is 65.7 Å². The van der Waals surface area contributed by atoms with Gasteiger partial charge in [-0.15, -0.1) is 11.8 Å². The number of carbonyl (C=O) groups is 2. The third-order valence-corrected chi connectivity index (χ3v) is 5.41. The lowest BCUT2D eigenvalue weighted by Crippen LogP contribution is -2.38. The second-order valence-electron chi connectivity index (χ2n) is 6.42. The Kier molecular flexibility index (Phi) is 6.34. The van der Waals surface area contributed by atoms with E-state index in [-0.39, 0.29) is 11.8 Å². The number of amides is 2. The van der Waals surface area contributed by atoms with Gasteiger partial charge in [0.2, 0.25) is 5.91 Å². The molecule has 2 aromatic rings. The minimum absolute atomic E-state index is 0.0509. The van der Waals surface area contributed by atoms with E-state index >= 15 is 0 Å². The van der Waals surface area contributed by atoms with Crippen molar-refractivity contribution >= 4 is 23.6 Å². The molecule has 0 unspecified atom stereocenters. The van der Waals surface area contributed by atoms with Gasteiger partial charge in [0.15, 0.2) is 0 Å². The van der Waals surface area contributed by atoms with Crippen LogP contribution in [0.2, 0.25) is 0 Å². The molecule has 2 aromatic carbocycles. The third-order valence-electron chi connectivity index (χ3n) is 4.67. The van der Waals surface area contributed by atoms with Crippen LogP contribution in [0.15, 0.2) is 59.5 Å². The van der Waals surface area contributed by atoms with Crippen LogP contribution in [0.25, 0.3) is 0 Å². The fourth-order valence-electron chi connectivity index (χ4n) is 3.17. The number of hydrogen-bond donors (Lipinski definition) is 0. The summed E-state index contributed by atoms with van der Waals surface area (Å²) < 4.78 is 0. The standard InChI is InChI=1S/C21H24N2O2S/c1-26-19-10-8-18(9-11-19)21(25)23-13-5-12-22(14-15-23)20(24)16-17-6-3-2-4-7-17/h2-4,6-11H,5,12-16H2,1H3. The number of nitrogens with zero attached hydrogens (tertiary/aromatic N) is 2. The van der Waals surface area contributed by atoms with E-state index in [0.29, 0.717) is 38.2 Å². The second kappa shape index (κ2) is 8.90. The summed E-state index contributed by atoms with van der Waals surface area (Å²) in [7, 11) is 0. The minimum Gasteiger partial charge on any atom is -0.341 e. The van der Waals surface area contributed by atoms with Crippen LogP contribution in [-0.4, -0.2) is 54.0 Å². The Balaban J connectivity index is 1.58. The summed E-state index contributed by atoms with van der Waals surface area (Å²) in [5.41, 5.74) is 1.75. The van der Waals surface area contributed by atoms with Crippen LogP contribution in [0.4, 0.5) is 0 Å². The van der Waals surface area contributed by atoms with E-state index < -0.39 is 0 Å². The van der Waals surface area contributed by atoms with Crippen molar-refractivity contribution in [1.29, 1.82) is 0 Å². The average molecular weight is 369 g/mol. The Morgan fingerprint density at radius 3 is 2.23 bits per heavy atom. The third kappa shape index (κ3) is 4.67. The van der Waals surface area contributed by atoms with Crippen LogP contribution in [0.3, 0.4) is 0 Å². The van der Waals surface area contributed by atoms with Gasteiger partial charge in [-0.3, -0.25) is 9.59 Å². The smallest absolute Gasteiger partial charge is 0.253 e. The quantitative estimate of drug-likeness (QED) is 0.778. The highest BCUT2D eigenvalue weighted by atomic mass is 32.2. The van der Waals surface area contributed by atoms with Crippen molar-refractivity contribution in [2.24, 2.45) is 0 Å². The van der Waals surface area contributed by atoms with Crippen molar-refractivity contribution in [3.63, 3.8) is 0 Å². The molecule has 1 aliphatic rings. The maximum absolute atomic E-state index is 12.7. The fourth-order valence-corrected chi connectivity index (χ4v) is 3.58. The van der Waals surface area contributed by atoms with Crippen LogP contribution in [-0.2, 0) is 11.2 Å². The molecule has 0 bridgehead atoms. The minimum atomic E-state index is 0.0509. The number of benzene rings is 2. The van der Waals surface area contributed by atoms with E-state index in [1.807, 2.05) is 70.7 Å². The fraction of sp³-hybridized carbons (Fsp3) is 0.333. The van der Waals surface area contributed by atoms with Gasteiger partial charge in [0, 0.05) is 36.6 Å². The highest BCUT2D eigenvalue weighted by molar-refractivity contribution is 7.98. The summed E-state index contributed by atoms with van der Waals surface area (Å²) >= 11 is 1.66. The van der Waals surface area contributed by atoms with Gasteiger partial charge in [-0.25, -0.2) is 0 Å². The largest absolute Gasteiger partial charge is 0.341 e. The highest BCUT2D eigenvalue weighted by Crippen LogP contribution is 2.17. The molecular weight excluding hydrogens is 344 g/mol. The number of carbonyl (C=O) groups excluding carboxylic acids is 2. The zero-order valence-electron chi connectivity index (χ0n) is 15.1. The molecular formula is C21H24N2O2S. The lowest BCUT2D eigenvalue weighted by molar-refractivity contribution is -0.130. The Morgan fingerprint density at radius 2 is 1.54 bits per heavy atom. The molecule has 5 heteroatoms. The topological polar surface area (TPSA) is 40.6 Å². The van der Waals surface area contributed by atoms with Crippen LogP contribution in [0, 0.1) is 0 Å². The molecule has 0 aliphatic carbocycles. The number of rotatable bonds is 4. The normalized spacial score (nSPS) is 14.8. The molecule has 1 heterocycles. The first-order chi connectivity index (χ1) is 12.7. The summed E-state index contributed by atoms with van der Waals surface area (Å²) in [6.45, 7) is 2.59. The van der Waals surface area contributed by atoms with Crippen LogP contribution in [0.5, 0.6) is 0 Å². The highest BCUT2D eigenvalue weighted by Gasteiger charge is 2.22. The maximum atomic E-state index is 12.7. The molecule has 0 atom stereocenters. The van der Waals surface area contributed by atoms with Gasteiger partial charge in [0.1, 0.15) is 0 Å². The summed E-state index contributed by atoms with van der Waals surface area (Å²) in [6, 6.07) is 17.5. The molecule has 2 amide bonds. The van der Waals surface area contributed by atoms with Gasteiger partial charge >= 0.3 is 0 Å². The number of hydrogen-bond acceptors (Lipinski definition) is 3. The van der Waals surface area contributed by atoms with Crippen molar-refractivity contribution in [2.75, 3.05) is 32.4 Å². The van der Waals surface area contributed by atoms with E-state index in [4.69, 9.17) is 0 Å². The average Bonchev–Trinajstić information content (AvgIpc) is 2.94. The van der Waals surface area contributed by atoms with E-state index in [1.165, 1.54) is 0 Å². The lowest BCUT2D eigenvalue weighted by atomic mass is 10.1. The molecule has 0 aromatic heterocycles. The van der Waals surface area contributed by atoms with E-state index in [1.54, 1.807) is 11.8 Å². The molecule has 4 nitrogen and oxygen atoms in total. The van der Waals surface area contributed by atoms with Gasteiger partial charge in [-0.2, -0.15) is 0 Å². The molecule has 1 aliphatic heterocycles. The lowest BCUT2D eigenvalue weighted by Gasteiger charge is -2.22. The summed E-state index contributed by atoms with van der Waals surface area (Å²) in [4.78, 5) is 30.2. The summed E-state index contributed by atoms with van der Waals surface area (Å²) in [5, 5.41) is 0. The zero-order valence-corrected chi connectivity index (χ0v) is 15.9. The summed E-state index contributed by atoms with van der Waals surface area (Å²) in [5.74, 6) is 0.185. The maximum Gasteiger partial charge on any atom is 0.253 e. The van der Waals surface area contributed by atoms with E-state index in [2.05, 4.69) is 0 Å². The first kappa shape index (κ1) is 18.5. The van der Waals surface area contributed by atoms with Crippen molar-refractivity contribution < 1.29 is 9.59 Å². The SMILES string of the molecule is CSc1ccc(C(=O)N2CCCN(C(=O)Cc3ccccc3)CC2)cc1. The Hall–Kier alpha value is -2.27. The number of thioether (sulfide) groups is 1. The second-order valence-corrected chi connectivity index (χ2v) is 7.30. The van der Waals surface area contributed by atoms with Gasteiger partial charge in [0.05, 0.1) is 6.42 Å². The predicted molar refractivity (Wildman–Crippen MR) is 105 cm³/mol. The summed E-state index contributed by atoms with van der Waals surface area (Å²) in [6.07, 6.45) is 3.26.